The second kappa shape index (κ2) is 12.9. The topological polar surface area (TPSA) is 130 Å². The molecule has 9 nitrogen and oxygen atoms in total. The lowest BCUT2D eigenvalue weighted by atomic mass is 10.1. The number of hydrogen-bond acceptors (Lipinski definition) is 8. The first-order chi connectivity index (χ1) is 15.7. The Hall–Kier alpha value is -3.04. The summed E-state index contributed by atoms with van der Waals surface area (Å²) < 4.78 is 15.1. The summed E-state index contributed by atoms with van der Waals surface area (Å²) in [4.78, 5) is 39.3. The van der Waals surface area contributed by atoms with Gasteiger partial charge >= 0.3 is 11.9 Å². The third-order valence-electron chi connectivity index (χ3n) is 4.24. The molecule has 0 bridgehead atoms. The Bertz CT molecular complexity index is 962. The standard InChI is InChI=1S/C22H25Cl2N3O6/c1-3-31-20(30)12-32-16-6-4-14(5-7-16)8-13(2)26-18(28)11-33-19(29)10-15-9-17(23)21(25)22(24)27-15/h4-7,9,13H,3,8,10-12,25H2,1-2H3,(H,26,28). The van der Waals surface area contributed by atoms with Crippen LogP contribution < -0.4 is 15.8 Å². The first kappa shape index (κ1) is 26.2. The van der Waals surface area contributed by atoms with Crippen molar-refractivity contribution in [3.63, 3.8) is 0 Å². The van der Waals surface area contributed by atoms with Crippen LogP contribution in [0.5, 0.6) is 5.75 Å². The van der Waals surface area contributed by atoms with Crippen LogP contribution in [0.4, 0.5) is 5.69 Å². The highest BCUT2D eigenvalue weighted by Gasteiger charge is 2.14. The van der Waals surface area contributed by atoms with Gasteiger partial charge in [0.2, 0.25) is 0 Å². The van der Waals surface area contributed by atoms with Gasteiger partial charge in [-0.3, -0.25) is 9.59 Å². The molecule has 0 aliphatic rings. The van der Waals surface area contributed by atoms with Crippen molar-refractivity contribution in [2.45, 2.75) is 32.7 Å². The second-order valence-corrected chi connectivity index (χ2v) is 7.81. The largest absolute Gasteiger partial charge is 0.482 e. The van der Waals surface area contributed by atoms with Gasteiger partial charge in [-0.05, 0) is 44.0 Å². The lowest BCUT2D eigenvalue weighted by molar-refractivity contribution is -0.148. The molecule has 0 spiro atoms. The van der Waals surface area contributed by atoms with Gasteiger partial charge in [-0.2, -0.15) is 0 Å². The van der Waals surface area contributed by atoms with Crippen LogP contribution in [-0.4, -0.2) is 48.7 Å². The van der Waals surface area contributed by atoms with Crippen molar-refractivity contribution >= 4 is 46.7 Å². The molecule has 1 aromatic heterocycles. The molecule has 11 heteroatoms. The predicted molar refractivity (Wildman–Crippen MR) is 123 cm³/mol. The molecule has 2 rings (SSSR count). The summed E-state index contributed by atoms with van der Waals surface area (Å²) in [5.41, 5.74) is 6.97. The summed E-state index contributed by atoms with van der Waals surface area (Å²) in [6.45, 7) is 3.26. The Morgan fingerprint density at radius 2 is 1.79 bits per heavy atom. The molecule has 0 aliphatic heterocycles. The molecule has 1 heterocycles. The smallest absolute Gasteiger partial charge is 0.344 e. The van der Waals surface area contributed by atoms with Gasteiger partial charge in [-0.1, -0.05) is 35.3 Å². The SMILES string of the molecule is CCOC(=O)COc1ccc(CC(C)NC(=O)COC(=O)Cc2cc(Cl)c(N)c(Cl)n2)cc1. The number of nitrogen functional groups attached to an aromatic ring is 1. The minimum atomic E-state index is -0.652. The van der Waals surface area contributed by atoms with Crippen molar-refractivity contribution in [2.24, 2.45) is 0 Å². The second-order valence-electron chi connectivity index (χ2n) is 7.05. The van der Waals surface area contributed by atoms with Crippen molar-refractivity contribution < 1.29 is 28.6 Å². The third-order valence-corrected chi connectivity index (χ3v) is 4.84. The van der Waals surface area contributed by atoms with Gasteiger partial charge in [0.1, 0.15) is 5.75 Å². The van der Waals surface area contributed by atoms with E-state index < -0.39 is 24.5 Å². The van der Waals surface area contributed by atoms with E-state index >= 15 is 0 Å². The first-order valence-electron chi connectivity index (χ1n) is 10.1. The fourth-order valence-electron chi connectivity index (χ4n) is 2.76. The Kier molecular flexibility index (Phi) is 10.2. The van der Waals surface area contributed by atoms with Crippen LogP contribution >= 0.6 is 23.2 Å². The van der Waals surface area contributed by atoms with Gasteiger partial charge in [0, 0.05) is 6.04 Å². The molecule has 0 saturated heterocycles. The van der Waals surface area contributed by atoms with E-state index in [1.54, 1.807) is 19.1 Å². The number of esters is 2. The van der Waals surface area contributed by atoms with E-state index in [4.69, 9.17) is 43.1 Å². The minimum Gasteiger partial charge on any atom is -0.482 e. The lowest BCUT2D eigenvalue weighted by Gasteiger charge is -2.14. The van der Waals surface area contributed by atoms with Gasteiger partial charge in [-0.25, -0.2) is 9.78 Å². The molecule has 3 N–H and O–H groups in total. The monoisotopic (exact) mass is 497 g/mol. The maximum atomic E-state index is 12.1. The number of aromatic nitrogens is 1. The Morgan fingerprint density at radius 3 is 2.42 bits per heavy atom. The Morgan fingerprint density at radius 1 is 1.09 bits per heavy atom. The average molecular weight is 498 g/mol. The molecule has 1 aromatic carbocycles. The van der Waals surface area contributed by atoms with Crippen LogP contribution in [0.1, 0.15) is 25.1 Å². The Balaban J connectivity index is 1.73. The summed E-state index contributed by atoms with van der Waals surface area (Å²) in [7, 11) is 0. The predicted octanol–water partition coefficient (Wildman–Crippen LogP) is 2.75. The van der Waals surface area contributed by atoms with Crippen LogP contribution in [0.25, 0.3) is 0 Å². The van der Waals surface area contributed by atoms with E-state index in [0.29, 0.717) is 18.8 Å². The fraction of sp³-hybridized carbons (Fsp3) is 0.364. The van der Waals surface area contributed by atoms with E-state index in [0.717, 1.165) is 5.56 Å². The van der Waals surface area contributed by atoms with E-state index in [-0.39, 0.29) is 40.6 Å². The highest BCUT2D eigenvalue weighted by atomic mass is 35.5. The number of benzene rings is 1. The number of hydrogen-bond donors (Lipinski definition) is 2. The molecule has 2 aromatic rings. The zero-order valence-corrected chi connectivity index (χ0v) is 19.7. The molecular formula is C22H25Cl2N3O6. The number of carbonyl (C=O) groups is 3. The summed E-state index contributed by atoms with van der Waals surface area (Å²) in [6, 6.07) is 8.33. The summed E-state index contributed by atoms with van der Waals surface area (Å²) >= 11 is 11.8. The number of rotatable bonds is 11. The van der Waals surface area contributed by atoms with Gasteiger partial charge in [0.15, 0.2) is 18.4 Å². The third kappa shape index (κ3) is 9.15. The number of nitrogens with one attached hydrogen (secondary N) is 1. The molecule has 1 atom stereocenters. The summed E-state index contributed by atoms with van der Waals surface area (Å²) in [5.74, 6) is -0.989. The zero-order valence-electron chi connectivity index (χ0n) is 18.2. The van der Waals surface area contributed by atoms with Gasteiger partial charge in [-0.15, -0.1) is 0 Å². The number of halogens is 2. The molecule has 1 unspecified atom stereocenters. The van der Waals surface area contributed by atoms with Gasteiger partial charge in [0.25, 0.3) is 5.91 Å². The van der Waals surface area contributed by atoms with E-state index in [1.807, 2.05) is 19.1 Å². The fourth-order valence-corrected chi connectivity index (χ4v) is 3.24. The van der Waals surface area contributed by atoms with Crippen LogP contribution in [0.15, 0.2) is 30.3 Å². The van der Waals surface area contributed by atoms with Crippen molar-refractivity contribution in [1.82, 2.24) is 10.3 Å². The Labute approximate surface area is 201 Å². The molecule has 178 valence electrons. The van der Waals surface area contributed by atoms with Crippen molar-refractivity contribution in [1.29, 1.82) is 0 Å². The van der Waals surface area contributed by atoms with Crippen molar-refractivity contribution in [3.05, 3.63) is 51.8 Å². The van der Waals surface area contributed by atoms with Crippen LogP contribution in [-0.2, 0) is 36.7 Å². The van der Waals surface area contributed by atoms with Gasteiger partial charge < -0.3 is 25.3 Å². The number of ether oxygens (including phenoxy) is 3. The molecule has 1 amide bonds. The maximum Gasteiger partial charge on any atom is 0.344 e. The minimum absolute atomic E-state index is 0.00420. The number of nitrogens with two attached hydrogens (primary N) is 1. The van der Waals surface area contributed by atoms with Crippen molar-refractivity contribution in [2.75, 3.05) is 25.6 Å². The number of nitrogens with zero attached hydrogens (tertiary/aromatic N) is 1. The van der Waals surface area contributed by atoms with E-state index in [1.165, 1.54) is 6.07 Å². The van der Waals surface area contributed by atoms with E-state index in [9.17, 15) is 14.4 Å². The highest BCUT2D eigenvalue weighted by Crippen LogP contribution is 2.26. The quantitative estimate of drug-likeness (QED) is 0.357. The number of pyridine rings is 1. The molecule has 0 saturated carbocycles. The summed E-state index contributed by atoms with van der Waals surface area (Å²) in [6.07, 6.45) is 0.345. The highest BCUT2D eigenvalue weighted by molar-refractivity contribution is 6.38. The number of carbonyl (C=O) groups excluding carboxylic acids is 3. The zero-order chi connectivity index (χ0) is 24.4. The molecule has 0 radical (unpaired) electrons. The lowest BCUT2D eigenvalue weighted by Crippen LogP contribution is -2.37. The number of amides is 1. The van der Waals surface area contributed by atoms with Crippen LogP contribution in [0.2, 0.25) is 10.2 Å². The van der Waals surface area contributed by atoms with E-state index in [2.05, 4.69) is 10.3 Å². The molecule has 0 fully saturated rings. The average Bonchev–Trinajstić information content (AvgIpc) is 2.75. The van der Waals surface area contributed by atoms with Crippen molar-refractivity contribution in [3.8, 4) is 5.75 Å². The van der Waals surface area contributed by atoms with Crippen LogP contribution in [0, 0.1) is 0 Å². The normalized spacial score (nSPS) is 11.4. The maximum absolute atomic E-state index is 12.1. The molecule has 33 heavy (non-hydrogen) atoms. The molecular weight excluding hydrogens is 473 g/mol. The van der Waals surface area contributed by atoms with Gasteiger partial charge in [0.05, 0.1) is 29.4 Å². The van der Waals surface area contributed by atoms with Crippen LogP contribution in [0.3, 0.4) is 0 Å². The first-order valence-corrected chi connectivity index (χ1v) is 10.9. The molecule has 0 aliphatic carbocycles. The number of anilines is 1. The summed E-state index contributed by atoms with van der Waals surface area (Å²) in [5, 5.41) is 2.94.